The second-order valence-corrected chi connectivity index (χ2v) is 8.89. The molecular weight excluding hydrogens is 479 g/mol. The molecule has 2 heterocycles. The lowest BCUT2D eigenvalue weighted by atomic mass is 9.75. The van der Waals surface area contributed by atoms with Gasteiger partial charge in [0.15, 0.2) is 5.54 Å². The van der Waals surface area contributed by atoms with Crippen LogP contribution >= 0.6 is 0 Å². The van der Waals surface area contributed by atoms with Crippen molar-refractivity contribution in [3.05, 3.63) is 89.7 Å². The van der Waals surface area contributed by atoms with Crippen LogP contribution in [-0.4, -0.2) is 39.1 Å². The van der Waals surface area contributed by atoms with Crippen molar-refractivity contribution < 1.29 is 33.0 Å². The van der Waals surface area contributed by atoms with E-state index in [1.54, 1.807) is 48.5 Å². The van der Waals surface area contributed by atoms with Crippen LogP contribution in [0.4, 0.5) is 10.1 Å². The summed E-state index contributed by atoms with van der Waals surface area (Å²) in [5.41, 5.74) is -0.397. The molecule has 0 spiro atoms. The highest BCUT2D eigenvalue weighted by Crippen LogP contribution is 2.55. The van der Waals surface area contributed by atoms with Gasteiger partial charge < -0.3 is 14.2 Å². The molecule has 9 heteroatoms. The molecule has 0 aliphatic carbocycles. The Hall–Kier alpha value is -4.24. The second-order valence-electron chi connectivity index (χ2n) is 8.89. The quantitative estimate of drug-likeness (QED) is 0.406. The highest BCUT2D eigenvalue weighted by molar-refractivity contribution is 6.24. The van der Waals surface area contributed by atoms with Crippen LogP contribution in [0.25, 0.3) is 0 Å². The summed E-state index contributed by atoms with van der Waals surface area (Å²) < 4.78 is 29.8. The molecule has 0 unspecified atom stereocenters. The number of methoxy groups -OCH3 is 3. The van der Waals surface area contributed by atoms with Gasteiger partial charge in [-0.05, 0) is 35.9 Å². The van der Waals surface area contributed by atoms with Gasteiger partial charge in [0, 0.05) is 17.7 Å². The highest BCUT2D eigenvalue weighted by Gasteiger charge is 2.70. The zero-order valence-corrected chi connectivity index (χ0v) is 20.4. The molecule has 2 aliphatic rings. The van der Waals surface area contributed by atoms with Gasteiger partial charge in [0.2, 0.25) is 11.8 Å². The van der Waals surface area contributed by atoms with Crippen molar-refractivity contribution in [3.63, 3.8) is 0 Å². The van der Waals surface area contributed by atoms with Gasteiger partial charge in [0.25, 0.3) is 0 Å². The summed E-state index contributed by atoms with van der Waals surface area (Å²) in [5.74, 6) is -3.47. The minimum Gasteiger partial charge on any atom is -0.497 e. The topological polar surface area (TPSA) is 94.2 Å². The van der Waals surface area contributed by atoms with Gasteiger partial charge in [-0.3, -0.25) is 14.9 Å². The molecule has 2 fully saturated rings. The van der Waals surface area contributed by atoms with Gasteiger partial charge in [0.05, 0.1) is 38.9 Å². The molecule has 190 valence electrons. The first-order valence-electron chi connectivity index (χ1n) is 11.6. The Morgan fingerprint density at radius 1 is 0.919 bits per heavy atom. The van der Waals surface area contributed by atoms with Crippen LogP contribution in [0.15, 0.2) is 72.8 Å². The largest absolute Gasteiger partial charge is 0.497 e. The number of esters is 1. The molecule has 0 saturated carbocycles. The van der Waals surface area contributed by atoms with Gasteiger partial charge in [-0.1, -0.05) is 36.4 Å². The van der Waals surface area contributed by atoms with Crippen LogP contribution in [0, 0.1) is 17.7 Å². The van der Waals surface area contributed by atoms with Gasteiger partial charge >= 0.3 is 5.97 Å². The molecule has 2 amide bonds. The van der Waals surface area contributed by atoms with E-state index in [1.165, 1.54) is 45.6 Å². The van der Waals surface area contributed by atoms with Crippen LogP contribution < -0.4 is 19.7 Å². The summed E-state index contributed by atoms with van der Waals surface area (Å²) in [6.07, 6.45) is 0. The lowest BCUT2D eigenvalue weighted by Gasteiger charge is -2.33. The molecule has 3 aromatic carbocycles. The lowest BCUT2D eigenvalue weighted by molar-refractivity contribution is -0.152. The van der Waals surface area contributed by atoms with Crippen molar-refractivity contribution in [2.75, 3.05) is 26.2 Å². The zero-order valence-electron chi connectivity index (χ0n) is 20.4. The first-order valence-corrected chi connectivity index (χ1v) is 11.6. The van der Waals surface area contributed by atoms with Crippen LogP contribution in [-0.2, 0) is 24.7 Å². The van der Waals surface area contributed by atoms with Gasteiger partial charge in [-0.25, -0.2) is 14.1 Å². The minimum absolute atomic E-state index is 0.220. The average Bonchev–Trinajstić information content (AvgIpc) is 3.43. The molecule has 2 aliphatic heterocycles. The van der Waals surface area contributed by atoms with Gasteiger partial charge in [-0.15, -0.1) is 0 Å². The number of ether oxygens (including phenoxy) is 3. The second kappa shape index (κ2) is 9.33. The number of carbonyl (C=O) groups excluding carboxylic acids is 3. The smallest absolute Gasteiger partial charge is 0.331 e. The van der Waals surface area contributed by atoms with E-state index in [0.717, 1.165) is 4.90 Å². The number of nitrogens with zero attached hydrogens (tertiary/aromatic N) is 1. The number of halogens is 1. The Morgan fingerprint density at radius 3 is 2.24 bits per heavy atom. The molecule has 2 saturated heterocycles. The van der Waals surface area contributed by atoms with Gasteiger partial charge in [-0.2, -0.15) is 0 Å². The molecule has 4 atom stereocenters. The number of carbonyl (C=O) groups is 3. The summed E-state index contributed by atoms with van der Waals surface area (Å²) >= 11 is 0. The molecule has 3 aromatic rings. The fourth-order valence-electron chi connectivity index (χ4n) is 5.53. The van der Waals surface area contributed by atoms with E-state index in [4.69, 9.17) is 14.2 Å². The first-order chi connectivity index (χ1) is 17.9. The first kappa shape index (κ1) is 24.5. The maximum Gasteiger partial charge on any atom is 0.331 e. The summed E-state index contributed by atoms with van der Waals surface area (Å²) in [6, 6.07) is 18.1. The molecule has 37 heavy (non-hydrogen) atoms. The van der Waals surface area contributed by atoms with Crippen LogP contribution in [0.5, 0.6) is 11.5 Å². The Labute approximate surface area is 212 Å². The minimum atomic E-state index is -1.67. The maximum atomic E-state index is 14.0. The predicted molar refractivity (Wildman–Crippen MR) is 131 cm³/mol. The maximum absolute atomic E-state index is 14.0. The van der Waals surface area contributed by atoms with Crippen LogP contribution in [0.2, 0.25) is 0 Å². The summed E-state index contributed by atoms with van der Waals surface area (Å²) in [7, 11) is 4.25. The normalized spacial score (nSPS) is 24.6. The molecule has 1 N–H and O–H groups in total. The molecule has 0 radical (unpaired) electrons. The Bertz CT molecular complexity index is 1360. The van der Waals surface area contributed by atoms with Crippen molar-refractivity contribution >= 4 is 23.5 Å². The number of hydrogen-bond donors (Lipinski definition) is 1. The van der Waals surface area contributed by atoms with E-state index >= 15 is 0 Å². The SMILES string of the molecule is COC(=O)[C@@]1(c2ccccc2)N[C@H](c2ccc(OC)cc2OC)[C@@H]2C(=O)N(c3ccc(F)cc3)C(=O)[C@H]21. The fourth-order valence-corrected chi connectivity index (χ4v) is 5.53. The van der Waals surface area contributed by atoms with Crippen molar-refractivity contribution in [3.8, 4) is 11.5 Å². The van der Waals surface area contributed by atoms with E-state index in [1.807, 2.05) is 0 Å². The number of rotatable bonds is 6. The zero-order chi connectivity index (χ0) is 26.3. The Balaban J connectivity index is 1.74. The molecule has 0 bridgehead atoms. The van der Waals surface area contributed by atoms with Crippen LogP contribution in [0.1, 0.15) is 17.2 Å². The van der Waals surface area contributed by atoms with Gasteiger partial charge in [0.1, 0.15) is 17.3 Å². The number of amides is 2. The third kappa shape index (κ3) is 3.65. The lowest BCUT2D eigenvalue weighted by Crippen LogP contribution is -2.53. The Kier molecular flexibility index (Phi) is 6.16. The number of imide groups is 1. The monoisotopic (exact) mass is 504 g/mol. The number of fused-ring (bicyclic) bond motifs is 1. The summed E-state index contributed by atoms with van der Waals surface area (Å²) in [6.45, 7) is 0. The van der Waals surface area contributed by atoms with Crippen molar-refractivity contribution in [2.45, 2.75) is 11.6 Å². The Morgan fingerprint density at radius 2 is 1.62 bits per heavy atom. The van der Waals surface area contributed by atoms with E-state index < -0.39 is 47.0 Å². The van der Waals surface area contributed by atoms with Crippen molar-refractivity contribution in [1.82, 2.24) is 5.32 Å². The molecule has 8 nitrogen and oxygen atoms in total. The molecule has 5 rings (SSSR count). The standard InChI is InChI=1S/C28H25FN2O6/c1-35-19-13-14-20(21(15-19)36-2)24-22-23(26(33)31(25(22)32)18-11-9-17(29)10-12-18)28(30-24,27(34)37-3)16-7-5-4-6-8-16/h4-15,22-24,30H,1-3H3/t22-,23+,24-,28+/m1/s1. The number of benzene rings is 3. The third-order valence-corrected chi connectivity index (χ3v) is 7.16. The van der Waals surface area contributed by atoms with E-state index in [-0.39, 0.29) is 5.69 Å². The highest BCUT2D eigenvalue weighted by atomic mass is 19.1. The van der Waals surface area contributed by atoms with Crippen molar-refractivity contribution in [1.29, 1.82) is 0 Å². The predicted octanol–water partition coefficient (Wildman–Crippen LogP) is 3.36. The summed E-state index contributed by atoms with van der Waals surface area (Å²) in [4.78, 5) is 42.6. The van der Waals surface area contributed by atoms with Crippen molar-refractivity contribution in [2.24, 2.45) is 11.8 Å². The van der Waals surface area contributed by atoms with E-state index in [0.29, 0.717) is 22.6 Å². The molecule has 0 aromatic heterocycles. The number of nitrogens with one attached hydrogen (secondary N) is 1. The summed E-state index contributed by atoms with van der Waals surface area (Å²) in [5, 5.41) is 3.32. The number of hydrogen-bond acceptors (Lipinski definition) is 7. The fraction of sp³-hybridized carbons (Fsp3) is 0.250. The number of anilines is 1. The average molecular weight is 505 g/mol. The van der Waals surface area contributed by atoms with E-state index in [2.05, 4.69) is 5.32 Å². The molecular formula is C28H25FN2O6. The third-order valence-electron chi connectivity index (χ3n) is 7.16. The van der Waals surface area contributed by atoms with E-state index in [9.17, 15) is 18.8 Å². The van der Waals surface area contributed by atoms with Crippen LogP contribution in [0.3, 0.4) is 0 Å².